The number of carboxylic acids is 1. The number of carbonyl (C=O) groups is 1. The molecule has 0 bridgehead atoms. The smallest absolute Gasteiger partial charge is 0.416 e. The molecule has 0 amide bonds. The predicted molar refractivity (Wildman–Crippen MR) is 139 cm³/mol. The molecule has 2 aromatic carbocycles. The van der Waals surface area contributed by atoms with E-state index in [-0.39, 0.29) is 41.0 Å². The number of halogens is 4. The number of hydrogen-bond acceptors (Lipinski definition) is 6. The Hall–Kier alpha value is -4.89. The number of nitrogens with one attached hydrogen (secondary N) is 1. The molecule has 9 nitrogen and oxygen atoms in total. The highest BCUT2D eigenvalue weighted by Gasteiger charge is 2.32. The van der Waals surface area contributed by atoms with Crippen LogP contribution < -0.4 is 10.3 Å². The maximum Gasteiger partial charge on any atom is 0.416 e. The lowest BCUT2D eigenvalue weighted by Crippen LogP contribution is -2.27. The first-order valence-electron chi connectivity index (χ1n) is 11.6. The second-order valence-corrected chi connectivity index (χ2v) is 9.16. The Kier molecular flexibility index (Phi) is 6.69. The van der Waals surface area contributed by atoms with Gasteiger partial charge >= 0.3 is 12.1 Å². The van der Waals surface area contributed by atoms with Crippen molar-refractivity contribution in [3.8, 4) is 22.9 Å². The number of aromatic carboxylic acids is 1. The number of H-pyrrole nitrogens is 1. The van der Waals surface area contributed by atoms with Crippen molar-refractivity contribution < 1.29 is 27.8 Å². The fourth-order valence-corrected chi connectivity index (χ4v) is 4.64. The van der Waals surface area contributed by atoms with Crippen molar-refractivity contribution in [2.75, 3.05) is 6.61 Å². The van der Waals surface area contributed by atoms with E-state index in [4.69, 9.17) is 16.3 Å². The van der Waals surface area contributed by atoms with Gasteiger partial charge in [-0.1, -0.05) is 11.6 Å². The van der Waals surface area contributed by atoms with E-state index >= 15 is 0 Å². The van der Waals surface area contributed by atoms with E-state index in [1.807, 2.05) is 0 Å². The maximum absolute atomic E-state index is 13.3. The summed E-state index contributed by atoms with van der Waals surface area (Å²) in [6, 6.07) is 9.57. The number of fused-ring (bicyclic) bond motifs is 2. The Labute approximate surface area is 228 Å². The number of carboxylic acid groups (broad SMARTS) is 1. The number of nitriles is 1. The average molecular weight is 568 g/mol. The third-order valence-electron chi connectivity index (χ3n) is 6.30. The van der Waals surface area contributed by atoms with Gasteiger partial charge in [0.2, 0.25) is 0 Å². The molecular formula is C27H17ClF3N5O4. The third-order valence-corrected chi connectivity index (χ3v) is 6.53. The van der Waals surface area contributed by atoms with Crippen LogP contribution in [0.2, 0.25) is 5.02 Å². The number of pyridine rings is 1. The quantitative estimate of drug-likeness (QED) is 0.274. The molecule has 0 saturated carbocycles. The summed E-state index contributed by atoms with van der Waals surface area (Å²) in [5, 5.41) is 19.1. The zero-order valence-electron chi connectivity index (χ0n) is 20.5. The van der Waals surface area contributed by atoms with Gasteiger partial charge < -0.3 is 14.8 Å². The normalized spacial score (nSPS) is 11.6. The highest BCUT2D eigenvalue weighted by atomic mass is 35.5. The fourth-order valence-electron chi connectivity index (χ4n) is 4.47. The molecule has 0 unspecified atom stereocenters. The van der Waals surface area contributed by atoms with Crippen LogP contribution in [0, 0.1) is 18.3 Å². The van der Waals surface area contributed by atoms with Crippen LogP contribution in [0.15, 0.2) is 53.6 Å². The summed E-state index contributed by atoms with van der Waals surface area (Å²) < 4.78 is 47.0. The van der Waals surface area contributed by atoms with E-state index in [9.17, 15) is 33.1 Å². The van der Waals surface area contributed by atoms with Crippen LogP contribution in [-0.2, 0) is 12.7 Å². The minimum Gasteiger partial charge on any atom is -0.491 e. The van der Waals surface area contributed by atoms with Crippen molar-refractivity contribution in [1.82, 2.24) is 19.5 Å². The first-order chi connectivity index (χ1) is 19.0. The number of aromatic amines is 1. The molecule has 5 rings (SSSR count). The SMILES string of the molecule is Cc1nc2cc(C(F)(F)F)cc(C#N)c2c(=O)n1CCOc1ccc(Cl)cc1-c1ccnc2c(C(=O)O)c[nH]c12. The molecule has 0 atom stereocenters. The van der Waals surface area contributed by atoms with Gasteiger partial charge in [-0.15, -0.1) is 0 Å². The van der Waals surface area contributed by atoms with Gasteiger partial charge in [-0.05, 0) is 43.3 Å². The number of ether oxygens (including phenoxy) is 1. The van der Waals surface area contributed by atoms with Crippen molar-refractivity contribution in [2.24, 2.45) is 0 Å². The van der Waals surface area contributed by atoms with Crippen LogP contribution in [0.25, 0.3) is 33.1 Å². The lowest BCUT2D eigenvalue weighted by molar-refractivity contribution is -0.137. The summed E-state index contributed by atoms with van der Waals surface area (Å²) in [5.41, 5.74) is -0.565. The molecule has 2 N–H and O–H groups in total. The molecule has 3 heterocycles. The lowest BCUT2D eigenvalue weighted by Gasteiger charge is -2.16. The summed E-state index contributed by atoms with van der Waals surface area (Å²) >= 11 is 6.24. The predicted octanol–water partition coefficient (Wildman–Crippen LogP) is 5.57. The van der Waals surface area contributed by atoms with E-state index in [0.29, 0.717) is 33.5 Å². The number of hydrogen-bond donors (Lipinski definition) is 2. The second kappa shape index (κ2) is 10.0. The van der Waals surface area contributed by atoms with E-state index in [1.54, 1.807) is 30.3 Å². The number of benzene rings is 2. The van der Waals surface area contributed by atoms with Crippen molar-refractivity contribution >= 4 is 39.5 Å². The zero-order chi connectivity index (χ0) is 28.8. The van der Waals surface area contributed by atoms with Crippen molar-refractivity contribution in [3.63, 3.8) is 0 Å². The van der Waals surface area contributed by atoms with Crippen LogP contribution in [-0.4, -0.2) is 37.2 Å². The van der Waals surface area contributed by atoms with Crippen molar-refractivity contribution in [1.29, 1.82) is 5.26 Å². The molecule has 3 aromatic heterocycles. The van der Waals surface area contributed by atoms with Gasteiger partial charge in [0.15, 0.2) is 0 Å². The molecule has 0 aliphatic rings. The molecule has 0 fully saturated rings. The molecule has 13 heteroatoms. The highest BCUT2D eigenvalue weighted by molar-refractivity contribution is 6.31. The van der Waals surface area contributed by atoms with Crippen LogP contribution in [0.1, 0.15) is 27.3 Å². The Balaban J connectivity index is 1.49. The Morgan fingerprint density at radius 1 is 1.23 bits per heavy atom. The third kappa shape index (κ3) is 4.71. The molecule has 5 aromatic rings. The first kappa shape index (κ1) is 26.7. The van der Waals surface area contributed by atoms with Crippen LogP contribution in [0.4, 0.5) is 13.2 Å². The van der Waals surface area contributed by atoms with E-state index in [2.05, 4.69) is 15.0 Å². The maximum atomic E-state index is 13.3. The molecule has 40 heavy (non-hydrogen) atoms. The first-order valence-corrected chi connectivity index (χ1v) is 12.0. The molecule has 0 saturated heterocycles. The summed E-state index contributed by atoms with van der Waals surface area (Å²) in [7, 11) is 0. The van der Waals surface area contributed by atoms with Gasteiger partial charge in [0.25, 0.3) is 5.56 Å². The second-order valence-electron chi connectivity index (χ2n) is 8.72. The Morgan fingerprint density at radius 2 is 2.00 bits per heavy atom. The highest BCUT2D eigenvalue weighted by Crippen LogP contribution is 2.37. The van der Waals surface area contributed by atoms with Gasteiger partial charge in [-0.3, -0.25) is 14.3 Å². The van der Waals surface area contributed by atoms with Gasteiger partial charge in [0.05, 0.1) is 34.1 Å². The molecule has 202 valence electrons. The number of rotatable bonds is 6. The lowest BCUT2D eigenvalue weighted by atomic mass is 10.0. The topological polar surface area (TPSA) is 134 Å². The Bertz CT molecular complexity index is 1920. The van der Waals surface area contributed by atoms with Crippen LogP contribution in [0.5, 0.6) is 5.75 Å². The number of aryl methyl sites for hydroxylation is 1. The molecule has 0 aliphatic carbocycles. The molecule has 0 aliphatic heterocycles. The van der Waals surface area contributed by atoms with Gasteiger partial charge in [-0.25, -0.2) is 9.78 Å². The summed E-state index contributed by atoms with van der Waals surface area (Å²) in [6.45, 7) is 1.39. The Morgan fingerprint density at radius 3 is 2.70 bits per heavy atom. The van der Waals surface area contributed by atoms with E-state index in [0.717, 1.165) is 6.07 Å². The minimum atomic E-state index is -4.70. The van der Waals surface area contributed by atoms with Gasteiger partial charge in [0.1, 0.15) is 35.3 Å². The van der Waals surface area contributed by atoms with E-state index in [1.165, 1.54) is 23.9 Å². The van der Waals surface area contributed by atoms with Gasteiger partial charge in [-0.2, -0.15) is 18.4 Å². The molecule has 0 spiro atoms. The van der Waals surface area contributed by atoms with Gasteiger partial charge in [0, 0.05) is 28.5 Å². The monoisotopic (exact) mass is 567 g/mol. The van der Waals surface area contributed by atoms with Crippen molar-refractivity contribution in [2.45, 2.75) is 19.6 Å². The molecule has 0 radical (unpaired) electrons. The van der Waals surface area contributed by atoms with E-state index < -0.39 is 28.8 Å². The van der Waals surface area contributed by atoms with Crippen LogP contribution in [0.3, 0.4) is 0 Å². The summed E-state index contributed by atoms with van der Waals surface area (Å²) in [6.07, 6.45) is -1.91. The molecular weight excluding hydrogens is 551 g/mol. The minimum absolute atomic E-state index is 0.000839. The standard InChI is InChI=1S/C27H17ClF3N5O4/c1-13-35-20-9-15(27(29,30)31)8-14(11-32)22(20)25(37)36(13)6-7-40-21-3-2-16(28)10-18(21)17-4-5-33-24-19(26(38)39)12-34-23(17)24/h2-5,8-10,12,34H,6-7H2,1H3,(H,38,39). The number of nitrogens with zero attached hydrogens (tertiary/aromatic N) is 4. The average Bonchev–Trinajstić information content (AvgIpc) is 3.34. The largest absolute Gasteiger partial charge is 0.491 e. The number of aromatic nitrogens is 4. The van der Waals surface area contributed by atoms with Crippen molar-refractivity contribution in [3.05, 3.63) is 86.7 Å². The summed E-state index contributed by atoms with van der Waals surface area (Å²) in [4.78, 5) is 36.0. The zero-order valence-corrected chi connectivity index (χ0v) is 21.3. The number of alkyl halides is 3. The summed E-state index contributed by atoms with van der Waals surface area (Å²) in [5.74, 6) is -0.628. The fraction of sp³-hybridized carbons (Fsp3) is 0.148. The van der Waals surface area contributed by atoms with Crippen LogP contribution >= 0.6 is 11.6 Å².